The van der Waals surface area contributed by atoms with E-state index in [0.29, 0.717) is 5.92 Å². The highest BCUT2D eigenvalue weighted by atomic mass is 16.4. The lowest BCUT2D eigenvalue weighted by Gasteiger charge is -2.24. The standard InChI is InChI=1S/C10H14N2O2/c13-10(14)8-3-1-7(2-4-8)9-5-6-11-12-9/h5-8H,1-4H2,(H,11,12)(H,13,14). The number of aromatic amines is 1. The van der Waals surface area contributed by atoms with Crippen molar-refractivity contribution in [3.63, 3.8) is 0 Å². The third-order valence-electron chi connectivity index (χ3n) is 3.04. The molecular formula is C10H14N2O2. The van der Waals surface area contributed by atoms with E-state index < -0.39 is 5.97 Å². The van der Waals surface area contributed by atoms with Crippen LogP contribution in [0.2, 0.25) is 0 Å². The second-order valence-electron chi connectivity index (χ2n) is 3.90. The molecule has 76 valence electrons. The Bertz CT molecular complexity index is 300. The van der Waals surface area contributed by atoms with Gasteiger partial charge >= 0.3 is 5.97 Å². The summed E-state index contributed by atoms with van der Waals surface area (Å²) in [5, 5.41) is 15.7. The molecule has 14 heavy (non-hydrogen) atoms. The van der Waals surface area contributed by atoms with Gasteiger partial charge in [0, 0.05) is 17.8 Å². The van der Waals surface area contributed by atoms with Gasteiger partial charge in [0.05, 0.1) is 5.92 Å². The normalized spacial score (nSPS) is 27.4. The minimum Gasteiger partial charge on any atom is -0.481 e. The molecule has 4 nitrogen and oxygen atoms in total. The SMILES string of the molecule is O=C(O)C1CCC(c2ccn[nH]2)CC1. The van der Waals surface area contributed by atoms with Gasteiger partial charge in [-0.2, -0.15) is 5.10 Å². The number of aliphatic carboxylic acids is 1. The molecule has 0 amide bonds. The fourth-order valence-electron chi connectivity index (χ4n) is 2.15. The Morgan fingerprint density at radius 2 is 2.14 bits per heavy atom. The van der Waals surface area contributed by atoms with Crippen LogP contribution < -0.4 is 0 Å². The molecule has 1 aliphatic rings. The molecule has 0 aromatic carbocycles. The van der Waals surface area contributed by atoms with Crippen molar-refractivity contribution in [1.29, 1.82) is 0 Å². The van der Waals surface area contributed by atoms with Gasteiger partial charge in [-0.3, -0.25) is 9.89 Å². The van der Waals surface area contributed by atoms with Crippen LogP contribution in [0.15, 0.2) is 12.3 Å². The Balaban J connectivity index is 1.93. The van der Waals surface area contributed by atoms with E-state index in [9.17, 15) is 4.79 Å². The molecule has 1 saturated carbocycles. The molecule has 4 heteroatoms. The number of carboxylic acid groups (broad SMARTS) is 1. The number of carboxylic acids is 1. The van der Waals surface area contributed by atoms with E-state index in [1.54, 1.807) is 6.20 Å². The van der Waals surface area contributed by atoms with Crippen molar-refractivity contribution in [3.8, 4) is 0 Å². The topological polar surface area (TPSA) is 66.0 Å². The molecule has 0 aliphatic heterocycles. The fourth-order valence-corrected chi connectivity index (χ4v) is 2.15. The Labute approximate surface area is 82.3 Å². The largest absolute Gasteiger partial charge is 0.481 e. The number of rotatable bonds is 2. The predicted molar refractivity (Wildman–Crippen MR) is 50.9 cm³/mol. The Morgan fingerprint density at radius 3 is 2.64 bits per heavy atom. The summed E-state index contributed by atoms with van der Waals surface area (Å²) in [4.78, 5) is 10.7. The van der Waals surface area contributed by atoms with Crippen LogP contribution >= 0.6 is 0 Å². The number of carbonyl (C=O) groups is 1. The highest BCUT2D eigenvalue weighted by Crippen LogP contribution is 2.34. The third-order valence-corrected chi connectivity index (χ3v) is 3.04. The Hall–Kier alpha value is -1.32. The lowest BCUT2D eigenvalue weighted by Crippen LogP contribution is -2.20. The maximum Gasteiger partial charge on any atom is 0.306 e. The first-order valence-electron chi connectivity index (χ1n) is 4.99. The number of H-pyrrole nitrogens is 1. The van der Waals surface area contributed by atoms with Crippen molar-refractivity contribution < 1.29 is 9.90 Å². The van der Waals surface area contributed by atoms with Gasteiger partial charge in [-0.15, -0.1) is 0 Å². The first kappa shape index (κ1) is 9.24. The highest BCUT2D eigenvalue weighted by molar-refractivity contribution is 5.70. The first-order valence-corrected chi connectivity index (χ1v) is 4.99. The molecule has 0 unspecified atom stereocenters. The predicted octanol–water partition coefficient (Wildman–Crippen LogP) is 1.77. The van der Waals surface area contributed by atoms with Crippen molar-refractivity contribution in [2.24, 2.45) is 5.92 Å². The fraction of sp³-hybridized carbons (Fsp3) is 0.600. The summed E-state index contributed by atoms with van der Waals surface area (Å²) in [5.74, 6) is -0.296. The minimum atomic E-state index is -0.645. The zero-order valence-electron chi connectivity index (χ0n) is 7.94. The summed E-state index contributed by atoms with van der Waals surface area (Å²) >= 11 is 0. The molecule has 0 saturated heterocycles. The van der Waals surface area contributed by atoms with Gasteiger partial charge < -0.3 is 5.11 Å². The second-order valence-corrected chi connectivity index (χ2v) is 3.90. The van der Waals surface area contributed by atoms with Crippen LogP contribution in [0, 0.1) is 5.92 Å². The third kappa shape index (κ3) is 1.78. The molecule has 2 rings (SSSR count). The van der Waals surface area contributed by atoms with Gasteiger partial charge in [-0.1, -0.05) is 0 Å². The average molecular weight is 194 g/mol. The second kappa shape index (κ2) is 3.82. The molecule has 1 heterocycles. The zero-order chi connectivity index (χ0) is 9.97. The van der Waals surface area contributed by atoms with E-state index >= 15 is 0 Å². The quantitative estimate of drug-likeness (QED) is 0.754. The van der Waals surface area contributed by atoms with Gasteiger partial charge in [0.1, 0.15) is 0 Å². The van der Waals surface area contributed by atoms with Gasteiger partial charge in [0.2, 0.25) is 0 Å². The molecule has 2 N–H and O–H groups in total. The molecule has 1 fully saturated rings. The van der Waals surface area contributed by atoms with Crippen molar-refractivity contribution in [3.05, 3.63) is 18.0 Å². The van der Waals surface area contributed by atoms with Crippen molar-refractivity contribution in [2.45, 2.75) is 31.6 Å². The summed E-state index contributed by atoms with van der Waals surface area (Å²) in [6.45, 7) is 0. The zero-order valence-corrected chi connectivity index (χ0v) is 7.94. The van der Waals surface area contributed by atoms with E-state index in [4.69, 9.17) is 5.11 Å². The Morgan fingerprint density at radius 1 is 1.43 bits per heavy atom. The van der Waals surface area contributed by atoms with E-state index in [1.807, 2.05) is 6.07 Å². The number of nitrogens with zero attached hydrogens (tertiary/aromatic N) is 1. The van der Waals surface area contributed by atoms with Crippen LogP contribution in [0.5, 0.6) is 0 Å². The molecule has 0 spiro atoms. The summed E-state index contributed by atoms with van der Waals surface area (Å²) in [6.07, 6.45) is 5.25. The summed E-state index contributed by atoms with van der Waals surface area (Å²) in [6, 6.07) is 1.98. The van der Waals surface area contributed by atoms with E-state index in [0.717, 1.165) is 31.4 Å². The van der Waals surface area contributed by atoms with Crippen molar-refractivity contribution in [1.82, 2.24) is 10.2 Å². The van der Waals surface area contributed by atoms with E-state index in [2.05, 4.69) is 10.2 Å². The number of nitrogens with one attached hydrogen (secondary N) is 1. The van der Waals surface area contributed by atoms with E-state index in [1.165, 1.54) is 0 Å². The molecule has 1 aliphatic carbocycles. The lowest BCUT2D eigenvalue weighted by molar-refractivity contribution is -0.142. The Kier molecular flexibility index (Phi) is 2.52. The summed E-state index contributed by atoms with van der Waals surface area (Å²) < 4.78 is 0. The van der Waals surface area contributed by atoms with Crippen molar-refractivity contribution in [2.75, 3.05) is 0 Å². The monoisotopic (exact) mass is 194 g/mol. The average Bonchev–Trinajstić information content (AvgIpc) is 2.71. The van der Waals surface area contributed by atoms with Crippen LogP contribution in [-0.2, 0) is 4.79 Å². The molecule has 0 atom stereocenters. The van der Waals surface area contributed by atoms with Crippen LogP contribution in [0.25, 0.3) is 0 Å². The van der Waals surface area contributed by atoms with Crippen LogP contribution in [0.3, 0.4) is 0 Å². The summed E-state index contributed by atoms with van der Waals surface area (Å²) in [5.41, 5.74) is 1.15. The number of hydrogen-bond acceptors (Lipinski definition) is 2. The van der Waals surface area contributed by atoms with Crippen LogP contribution in [-0.4, -0.2) is 21.3 Å². The summed E-state index contributed by atoms with van der Waals surface area (Å²) in [7, 11) is 0. The highest BCUT2D eigenvalue weighted by Gasteiger charge is 2.27. The van der Waals surface area contributed by atoms with Gasteiger partial charge in [0.15, 0.2) is 0 Å². The maximum atomic E-state index is 10.7. The molecule has 0 bridgehead atoms. The van der Waals surface area contributed by atoms with Gasteiger partial charge in [0.25, 0.3) is 0 Å². The van der Waals surface area contributed by atoms with E-state index in [-0.39, 0.29) is 5.92 Å². The number of aromatic nitrogens is 2. The van der Waals surface area contributed by atoms with Crippen molar-refractivity contribution >= 4 is 5.97 Å². The van der Waals surface area contributed by atoms with Gasteiger partial charge in [-0.05, 0) is 31.7 Å². The first-order chi connectivity index (χ1) is 6.77. The molecule has 1 aromatic heterocycles. The smallest absolute Gasteiger partial charge is 0.306 e. The molecule has 1 aromatic rings. The van der Waals surface area contributed by atoms with Gasteiger partial charge in [-0.25, -0.2) is 0 Å². The van der Waals surface area contributed by atoms with Crippen LogP contribution in [0.1, 0.15) is 37.3 Å². The number of hydrogen-bond donors (Lipinski definition) is 2. The van der Waals surface area contributed by atoms with Crippen LogP contribution in [0.4, 0.5) is 0 Å². The lowest BCUT2D eigenvalue weighted by atomic mass is 9.81. The maximum absolute atomic E-state index is 10.7. The molecule has 0 radical (unpaired) electrons. The molecular weight excluding hydrogens is 180 g/mol. The minimum absolute atomic E-state index is 0.130.